The number of aromatic carboxylic acids is 1. The van der Waals surface area contributed by atoms with Crippen molar-refractivity contribution < 1.29 is 24.2 Å². The van der Waals surface area contributed by atoms with E-state index in [0.29, 0.717) is 5.69 Å². The van der Waals surface area contributed by atoms with Crippen LogP contribution in [0.2, 0.25) is 0 Å². The minimum absolute atomic E-state index is 0.138. The van der Waals surface area contributed by atoms with Gasteiger partial charge in [0.1, 0.15) is 6.04 Å². The lowest BCUT2D eigenvalue weighted by Gasteiger charge is -2.46. The highest BCUT2D eigenvalue weighted by Gasteiger charge is 2.51. The van der Waals surface area contributed by atoms with Gasteiger partial charge in [-0.2, -0.15) is 0 Å². The molecule has 0 spiro atoms. The largest absolute Gasteiger partial charge is 0.478 e. The number of carbonyl (C=O) groups excluding carboxylic acids is 2. The quantitative estimate of drug-likeness (QED) is 0.689. The molecule has 0 saturated carbocycles. The highest BCUT2D eigenvalue weighted by Crippen LogP contribution is 2.40. The van der Waals surface area contributed by atoms with E-state index in [-0.39, 0.29) is 11.5 Å². The van der Waals surface area contributed by atoms with Gasteiger partial charge in [0.15, 0.2) is 0 Å². The summed E-state index contributed by atoms with van der Waals surface area (Å²) >= 11 is 0. The molecule has 0 radical (unpaired) electrons. The fourth-order valence-electron chi connectivity index (χ4n) is 2.78. The zero-order valence-corrected chi connectivity index (χ0v) is 12.9. The number of anilines is 1. The van der Waals surface area contributed by atoms with Gasteiger partial charge in [-0.05, 0) is 29.8 Å². The van der Waals surface area contributed by atoms with E-state index in [1.165, 1.54) is 24.0 Å². The number of amides is 1. The molecule has 2 atom stereocenters. The number of carboxylic acid groups (broad SMARTS) is 1. The van der Waals surface area contributed by atoms with Crippen LogP contribution in [0.1, 0.15) is 28.9 Å². The van der Waals surface area contributed by atoms with E-state index in [2.05, 4.69) is 0 Å². The molecule has 6 nitrogen and oxygen atoms in total. The van der Waals surface area contributed by atoms with Gasteiger partial charge in [-0.15, -0.1) is 0 Å². The second-order valence-corrected chi connectivity index (χ2v) is 5.45. The molecule has 0 bridgehead atoms. The molecule has 1 N–H and O–H groups in total. The molecule has 0 unspecified atom stereocenters. The van der Waals surface area contributed by atoms with E-state index in [9.17, 15) is 14.4 Å². The lowest BCUT2D eigenvalue weighted by molar-refractivity contribution is -0.160. The summed E-state index contributed by atoms with van der Waals surface area (Å²) in [7, 11) is 0. The molecule has 1 aliphatic rings. The summed E-state index contributed by atoms with van der Waals surface area (Å²) in [5.74, 6) is -1.88. The predicted molar refractivity (Wildman–Crippen MR) is 85.6 cm³/mol. The van der Waals surface area contributed by atoms with E-state index in [1.54, 1.807) is 12.1 Å². The topological polar surface area (TPSA) is 83.9 Å². The maximum Gasteiger partial charge on any atom is 0.335 e. The first-order chi connectivity index (χ1) is 11.5. The smallest absolute Gasteiger partial charge is 0.335 e. The minimum Gasteiger partial charge on any atom is -0.478 e. The summed E-state index contributed by atoms with van der Waals surface area (Å²) in [6.45, 7) is 1.26. The Labute approximate surface area is 138 Å². The van der Waals surface area contributed by atoms with Gasteiger partial charge >= 0.3 is 11.9 Å². The van der Waals surface area contributed by atoms with Gasteiger partial charge in [-0.25, -0.2) is 4.79 Å². The zero-order chi connectivity index (χ0) is 17.3. The molecule has 1 saturated heterocycles. The number of ether oxygens (including phenoxy) is 1. The average molecular weight is 325 g/mol. The van der Waals surface area contributed by atoms with Gasteiger partial charge in [-0.1, -0.05) is 30.3 Å². The molecule has 1 fully saturated rings. The van der Waals surface area contributed by atoms with Crippen molar-refractivity contribution in [2.75, 3.05) is 4.90 Å². The number of β-lactam (4-membered cyclic amide) rings is 1. The van der Waals surface area contributed by atoms with Crippen molar-refractivity contribution >= 4 is 23.5 Å². The number of hydrogen-bond acceptors (Lipinski definition) is 4. The summed E-state index contributed by atoms with van der Waals surface area (Å²) in [4.78, 5) is 36.2. The van der Waals surface area contributed by atoms with Crippen molar-refractivity contribution in [3.8, 4) is 0 Å². The average Bonchev–Trinajstić information content (AvgIpc) is 2.58. The normalized spacial score (nSPS) is 19.5. The number of carboxylic acids is 1. The molecular formula is C18H15NO5. The third-order valence-corrected chi connectivity index (χ3v) is 3.87. The second-order valence-electron chi connectivity index (χ2n) is 5.45. The number of esters is 1. The van der Waals surface area contributed by atoms with Crippen LogP contribution in [-0.4, -0.2) is 29.1 Å². The third kappa shape index (κ3) is 2.74. The Hall–Kier alpha value is -3.15. The lowest BCUT2D eigenvalue weighted by Crippen LogP contribution is -2.60. The van der Waals surface area contributed by atoms with Crippen molar-refractivity contribution in [3.63, 3.8) is 0 Å². The highest BCUT2D eigenvalue weighted by molar-refractivity contribution is 6.06. The van der Waals surface area contributed by atoms with E-state index >= 15 is 0 Å². The molecule has 1 heterocycles. The fraction of sp³-hybridized carbons (Fsp3) is 0.167. The van der Waals surface area contributed by atoms with Crippen molar-refractivity contribution in [2.45, 2.75) is 19.1 Å². The first kappa shape index (κ1) is 15.7. The third-order valence-electron chi connectivity index (χ3n) is 3.87. The molecule has 1 aliphatic heterocycles. The van der Waals surface area contributed by atoms with Crippen LogP contribution in [0, 0.1) is 0 Å². The molecule has 24 heavy (non-hydrogen) atoms. The van der Waals surface area contributed by atoms with Crippen molar-refractivity contribution in [3.05, 3.63) is 65.7 Å². The number of benzene rings is 2. The Bertz CT molecular complexity index is 785. The van der Waals surface area contributed by atoms with Gasteiger partial charge in [0.25, 0.3) is 5.91 Å². The lowest BCUT2D eigenvalue weighted by atomic mass is 9.89. The van der Waals surface area contributed by atoms with E-state index in [1.807, 2.05) is 30.3 Å². The van der Waals surface area contributed by atoms with Gasteiger partial charge < -0.3 is 9.84 Å². The van der Waals surface area contributed by atoms with Gasteiger partial charge in [0.05, 0.1) is 5.56 Å². The van der Waals surface area contributed by atoms with Crippen LogP contribution in [0.3, 0.4) is 0 Å². The molecule has 6 heteroatoms. The Morgan fingerprint density at radius 1 is 1.04 bits per heavy atom. The molecule has 122 valence electrons. The monoisotopic (exact) mass is 325 g/mol. The molecule has 2 aromatic rings. The molecule has 1 amide bonds. The van der Waals surface area contributed by atoms with E-state index in [4.69, 9.17) is 9.84 Å². The minimum atomic E-state index is -1.03. The Balaban J connectivity index is 1.94. The van der Waals surface area contributed by atoms with Crippen LogP contribution in [0.5, 0.6) is 0 Å². The Kier molecular flexibility index (Phi) is 4.04. The van der Waals surface area contributed by atoms with Crippen LogP contribution < -0.4 is 4.90 Å². The summed E-state index contributed by atoms with van der Waals surface area (Å²) in [6, 6.07) is 14.8. The van der Waals surface area contributed by atoms with E-state index < -0.39 is 24.1 Å². The van der Waals surface area contributed by atoms with Gasteiger partial charge in [0.2, 0.25) is 6.10 Å². The first-order valence-corrected chi connectivity index (χ1v) is 7.37. The standard InChI is InChI=1S/C18H15NO5/c1-11(20)24-16-15(12-5-3-2-4-6-12)19(17(16)21)14-9-7-13(8-10-14)18(22)23/h2-10,15-16H,1H3,(H,22,23)/t15-,16-/m0/s1. The molecule has 0 aromatic heterocycles. The van der Waals surface area contributed by atoms with Gasteiger partial charge in [-0.3, -0.25) is 14.5 Å². The fourth-order valence-corrected chi connectivity index (χ4v) is 2.78. The summed E-state index contributed by atoms with van der Waals surface area (Å²) < 4.78 is 5.15. The summed E-state index contributed by atoms with van der Waals surface area (Å²) in [5.41, 5.74) is 1.53. The highest BCUT2D eigenvalue weighted by atomic mass is 16.6. The SMILES string of the molecule is CC(=O)O[C@@H]1C(=O)N(c2ccc(C(=O)O)cc2)[C@H]1c1ccccc1. The molecule has 2 aromatic carbocycles. The zero-order valence-electron chi connectivity index (χ0n) is 12.9. The van der Waals surface area contributed by atoms with Crippen molar-refractivity contribution in [2.24, 2.45) is 0 Å². The number of rotatable bonds is 4. The predicted octanol–water partition coefficient (Wildman–Crippen LogP) is 2.40. The number of nitrogens with zero attached hydrogens (tertiary/aromatic N) is 1. The van der Waals surface area contributed by atoms with Crippen LogP contribution in [0.4, 0.5) is 5.69 Å². The summed E-state index contributed by atoms with van der Waals surface area (Å²) in [5, 5.41) is 8.97. The van der Waals surface area contributed by atoms with Crippen LogP contribution in [0.15, 0.2) is 54.6 Å². The number of hydrogen-bond donors (Lipinski definition) is 1. The van der Waals surface area contributed by atoms with Crippen molar-refractivity contribution in [1.82, 2.24) is 0 Å². The van der Waals surface area contributed by atoms with E-state index in [0.717, 1.165) is 5.56 Å². The van der Waals surface area contributed by atoms with Gasteiger partial charge in [0, 0.05) is 12.6 Å². The Morgan fingerprint density at radius 3 is 2.21 bits per heavy atom. The Morgan fingerprint density at radius 2 is 1.67 bits per heavy atom. The molecule has 3 rings (SSSR count). The van der Waals surface area contributed by atoms with Crippen molar-refractivity contribution in [1.29, 1.82) is 0 Å². The maximum absolute atomic E-state index is 12.4. The maximum atomic E-state index is 12.4. The van der Waals surface area contributed by atoms with Crippen LogP contribution >= 0.6 is 0 Å². The molecular weight excluding hydrogens is 310 g/mol. The number of carbonyl (C=O) groups is 3. The summed E-state index contributed by atoms with van der Waals surface area (Å²) in [6.07, 6.45) is -0.871. The van der Waals surface area contributed by atoms with Crippen LogP contribution in [0.25, 0.3) is 0 Å². The second kappa shape index (κ2) is 6.16. The first-order valence-electron chi connectivity index (χ1n) is 7.37. The van der Waals surface area contributed by atoms with Crippen LogP contribution in [-0.2, 0) is 14.3 Å². The molecule has 0 aliphatic carbocycles.